The summed E-state index contributed by atoms with van der Waals surface area (Å²) in [5.41, 5.74) is 1.90. The molecule has 0 fully saturated rings. The molecule has 4 rings (SSSR count). The number of phenols is 1. The minimum atomic E-state index is -4.59. The Morgan fingerprint density at radius 3 is 2.32 bits per heavy atom. The number of aliphatic carboxylic acids is 1. The van der Waals surface area contributed by atoms with Gasteiger partial charge in [-0.3, -0.25) is 9.36 Å². The lowest BCUT2D eigenvalue weighted by Crippen LogP contribution is -2.05. The van der Waals surface area contributed by atoms with Crippen LogP contribution in [0.4, 0.5) is 24.5 Å². The predicted octanol–water partition coefficient (Wildman–Crippen LogP) is 7.50. The number of fused-ring (bicyclic) bond motifs is 1. The van der Waals surface area contributed by atoms with Gasteiger partial charge in [0.2, 0.25) is 5.88 Å². The molecule has 4 aromatic rings. The zero-order valence-corrected chi connectivity index (χ0v) is 20.0. The minimum absolute atomic E-state index is 0.0569. The number of alkyl halides is 3. The Hall–Kier alpha value is -4.34. The average Bonchev–Trinajstić information content (AvgIpc) is 3.08. The second-order valence-electron chi connectivity index (χ2n) is 8.82. The summed E-state index contributed by atoms with van der Waals surface area (Å²) in [6.07, 6.45) is -4.03. The average molecular weight is 512 g/mol. The maximum absolute atomic E-state index is 13.5. The van der Waals surface area contributed by atoms with Crippen molar-refractivity contribution in [2.75, 3.05) is 0 Å². The Labute approximate surface area is 210 Å². The molecular weight excluding hydrogens is 487 g/mol. The highest BCUT2D eigenvalue weighted by Gasteiger charge is 2.32. The first-order chi connectivity index (χ1) is 17.5. The molecule has 0 spiro atoms. The van der Waals surface area contributed by atoms with Crippen LogP contribution >= 0.6 is 0 Å². The van der Waals surface area contributed by atoms with E-state index in [0.717, 1.165) is 23.3 Å². The summed E-state index contributed by atoms with van der Waals surface area (Å²) >= 11 is 0. The topological polar surface area (TPSA) is 107 Å². The molecule has 37 heavy (non-hydrogen) atoms. The number of nitrogens with zero attached hydrogens (tertiary/aromatic N) is 3. The molecule has 0 aliphatic rings. The number of carbonyl (C=O) groups is 1. The number of hydrogen-bond acceptors (Lipinski definition) is 5. The highest BCUT2D eigenvalue weighted by Crippen LogP contribution is 2.44. The van der Waals surface area contributed by atoms with Gasteiger partial charge in [-0.05, 0) is 79.8 Å². The number of hydrogen-bond donors (Lipinski definition) is 3. The third-order valence-electron chi connectivity index (χ3n) is 5.90. The molecule has 3 aromatic carbocycles. The molecular formula is C27H24F3N3O4. The fraction of sp³-hybridized carbons (Fsp3) is 0.222. The van der Waals surface area contributed by atoms with Crippen molar-refractivity contribution in [3.63, 3.8) is 0 Å². The third-order valence-corrected chi connectivity index (χ3v) is 5.90. The van der Waals surface area contributed by atoms with Gasteiger partial charge in [-0.25, -0.2) is 0 Å². The molecule has 0 saturated heterocycles. The molecule has 1 heterocycles. The Morgan fingerprint density at radius 2 is 1.68 bits per heavy atom. The van der Waals surface area contributed by atoms with E-state index in [0.29, 0.717) is 24.1 Å². The molecule has 0 atom stereocenters. The van der Waals surface area contributed by atoms with Crippen molar-refractivity contribution < 1.29 is 33.3 Å². The number of carboxylic acid groups (broad SMARTS) is 1. The number of rotatable bonds is 7. The molecule has 0 bridgehead atoms. The smallest absolute Gasteiger partial charge is 0.416 e. The van der Waals surface area contributed by atoms with E-state index in [2.05, 4.69) is 10.2 Å². The number of carboxylic acids is 1. The number of para-hydroxylation sites is 1. The third kappa shape index (κ3) is 5.42. The fourth-order valence-corrected chi connectivity index (χ4v) is 4.27. The normalized spacial score (nSPS) is 12.0. The lowest BCUT2D eigenvalue weighted by atomic mass is 10.1. The zero-order chi connectivity index (χ0) is 26.9. The van der Waals surface area contributed by atoms with Crippen molar-refractivity contribution in [2.45, 2.75) is 39.3 Å². The summed E-state index contributed by atoms with van der Waals surface area (Å²) in [6.45, 7) is 3.68. The van der Waals surface area contributed by atoms with Crippen LogP contribution in [0.2, 0.25) is 0 Å². The van der Waals surface area contributed by atoms with Crippen LogP contribution in [-0.2, 0) is 17.4 Å². The van der Waals surface area contributed by atoms with Gasteiger partial charge in [0.25, 0.3) is 0 Å². The van der Waals surface area contributed by atoms with E-state index in [-0.39, 0.29) is 34.4 Å². The lowest BCUT2D eigenvalue weighted by Gasteiger charge is -2.11. The molecule has 0 radical (unpaired) electrons. The van der Waals surface area contributed by atoms with Gasteiger partial charge in [0.05, 0.1) is 11.1 Å². The molecule has 0 aliphatic heterocycles. The van der Waals surface area contributed by atoms with E-state index in [1.807, 2.05) is 19.9 Å². The van der Waals surface area contributed by atoms with Gasteiger partial charge in [0.15, 0.2) is 5.69 Å². The Bertz CT molecular complexity index is 1500. The summed E-state index contributed by atoms with van der Waals surface area (Å²) in [5.74, 6) is -1.53. The van der Waals surface area contributed by atoms with Crippen LogP contribution in [0.5, 0.6) is 11.6 Å². The van der Waals surface area contributed by atoms with Crippen molar-refractivity contribution >= 4 is 28.2 Å². The van der Waals surface area contributed by atoms with Gasteiger partial charge in [-0.1, -0.05) is 18.2 Å². The van der Waals surface area contributed by atoms with Crippen molar-refractivity contribution in [1.82, 2.24) is 4.57 Å². The highest BCUT2D eigenvalue weighted by molar-refractivity contribution is 5.97. The van der Waals surface area contributed by atoms with Gasteiger partial charge in [-0.2, -0.15) is 13.2 Å². The van der Waals surface area contributed by atoms with Crippen molar-refractivity contribution in [3.05, 3.63) is 76.9 Å². The minimum Gasteiger partial charge on any atom is -0.505 e. The summed E-state index contributed by atoms with van der Waals surface area (Å²) < 4.78 is 41.8. The maximum atomic E-state index is 13.5. The fourth-order valence-electron chi connectivity index (χ4n) is 4.27. The van der Waals surface area contributed by atoms with Crippen LogP contribution in [0.1, 0.15) is 35.1 Å². The van der Waals surface area contributed by atoms with Gasteiger partial charge in [0.1, 0.15) is 11.4 Å². The number of aryl methyl sites for hydroxylation is 3. The number of aromatic nitrogens is 1. The molecule has 3 N–H and O–H groups in total. The zero-order valence-electron chi connectivity index (χ0n) is 20.0. The maximum Gasteiger partial charge on any atom is 0.416 e. The molecule has 192 valence electrons. The van der Waals surface area contributed by atoms with Gasteiger partial charge >= 0.3 is 12.1 Å². The molecule has 0 unspecified atom stereocenters. The quantitative estimate of drug-likeness (QED) is 0.223. The highest BCUT2D eigenvalue weighted by atomic mass is 19.4. The molecule has 0 amide bonds. The first kappa shape index (κ1) is 25.7. The van der Waals surface area contributed by atoms with Crippen LogP contribution in [-0.4, -0.2) is 25.9 Å². The molecule has 10 heteroatoms. The van der Waals surface area contributed by atoms with Crippen LogP contribution in [0.15, 0.2) is 64.8 Å². The standard InChI is InChI=1S/C27H24F3N3O4/c1-15-11-16(2)13-19(12-15)33-22-14-18(27(28,29)30)9-10-20(22)24(26(33)37)32-31-21-7-3-5-17(25(21)36)6-4-8-23(34)35/h3,5,7,9-14,36-37H,4,6,8H2,1-2H3,(H,34,35). The van der Waals surface area contributed by atoms with Gasteiger partial charge in [-0.15, -0.1) is 10.2 Å². The summed E-state index contributed by atoms with van der Waals surface area (Å²) in [7, 11) is 0. The Kier molecular flexibility index (Phi) is 6.93. The van der Waals surface area contributed by atoms with Crippen LogP contribution < -0.4 is 0 Å². The van der Waals surface area contributed by atoms with Crippen molar-refractivity contribution in [1.29, 1.82) is 0 Å². The summed E-state index contributed by atoms with van der Waals surface area (Å²) in [6, 6.07) is 13.2. The Balaban J connectivity index is 1.83. The van der Waals surface area contributed by atoms with E-state index >= 15 is 0 Å². The largest absolute Gasteiger partial charge is 0.505 e. The summed E-state index contributed by atoms with van der Waals surface area (Å²) in [4.78, 5) is 10.8. The number of phenolic OH excluding ortho intramolecular Hbond substituents is 1. The van der Waals surface area contributed by atoms with E-state index in [1.54, 1.807) is 24.3 Å². The van der Waals surface area contributed by atoms with Gasteiger partial charge in [0, 0.05) is 17.5 Å². The summed E-state index contributed by atoms with van der Waals surface area (Å²) in [5, 5.41) is 39.0. The van der Waals surface area contributed by atoms with Crippen molar-refractivity contribution in [3.8, 4) is 17.3 Å². The van der Waals surface area contributed by atoms with Crippen LogP contribution in [0.3, 0.4) is 0 Å². The van der Waals surface area contributed by atoms with E-state index < -0.39 is 23.6 Å². The molecule has 7 nitrogen and oxygen atoms in total. The predicted molar refractivity (Wildman–Crippen MR) is 132 cm³/mol. The van der Waals surface area contributed by atoms with Crippen LogP contribution in [0, 0.1) is 13.8 Å². The number of halogens is 3. The van der Waals surface area contributed by atoms with E-state index in [4.69, 9.17) is 5.11 Å². The lowest BCUT2D eigenvalue weighted by molar-refractivity contribution is -0.138. The number of aromatic hydroxyl groups is 2. The van der Waals surface area contributed by atoms with Crippen molar-refractivity contribution in [2.24, 2.45) is 10.2 Å². The van der Waals surface area contributed by atoms with E-state index in [1.165, 1.54) is 16.7 Å². The first-order valence-electron chi connectivity index (χ1n) is 11.4. The monoisotopic (exact) mass is 511 g/mol. The Morgan fingerprint density at radius 1 is 0.973 bits per heavy atom. The second kappa shape index (κ2) is 9.96. The first-order valence-corrected chi connectivity index (χ1v) is 11.4. The number of benzene rings is 3. The molecule has 0 aliphatic carbocycles. The molecule has 1 aromatic heterocycles. The van der Waals surface area contributed by atoms with E-state index in [9.17, 15) is 28.2 Å². The van der Waals surface area contributed by atoms with Gasteiger partial charge < -0.3 is 15.3 Å². The number of azo groups is 1. The molecule has 0 saturated carbocycles. The SMILES string of the molecule is Cc1cc(C)cc(-n2c(O)c(N=Nc3cccc(CCCC(=O)O)c3O)c3ccc(C(F)(F)F)cc32)c1. The second-order valence-corrected chi connectivity index (χ2v) is 8.82. The van der Waals surface area contributed by atoms with Crippen LogP contribution in [0.25, 0.3) is 16.6 Å².